The molecule has 0 aromatic carbocycles. The van der Waals surface area contributed by atoms with Gasteiger partial charge in [-0.1, -0.05) is 13.3 Å². The molecule has 0 bridgehead atoms. The lowest BCUT2D eigenvalue weighted by molar-refractivity contribution is -0.873. The van der Waals surface area contributed by atoms with E-state index in [1.807, 2.05) is 0 Å². The predicted octanol–water partition coefficient (Wildman–Crippen LogP) is 2.13. The van der Waals surface area contributed by atoms with Crippen LogP contribution < -0.4 is 0 Å². The van der Waals surface area contributed by atoms with Crippen LogP contribution in [-0.4, -0.2) is 32.2 Å². The van der Waals surface area contributed by atoms with Crippen molar-refractivity contribution in [1.82, 2.24) is 0 Å². The summed E-state index contributed by atoms with van der Waals surface area (Å²) >= 11 is 0. The van der Waals surface area contributed by atoms with E-state index in [2.05, 4.69) is 28.1 Å². The summed E-state index contributed by atoms with van der Waals surface area (Å²) in [6.07, 6.45) is 4.40. The minimum absolute atomic E-state index is 0.992. The lowest BCUT2D eigenvalue weighted by atomic mass is 10.1. The third kappa shape index (κ3) is 3.24. The lowest BCUT2D eigenvalue weighted by Crippen LogP contribution is -2.38. The summed E-state index contributed by atoms with van der Waals surface area (Å²) in [7, 11) is 6.88. The van der Waals surface area contributed by atoms with Crippen LogP contribution in [0.1, 0.15) is 26.2 Å². The smallest absolute Gasteiger partial charge is 0.0809 e. The normalized spacial score (nSPS) is 32.7. The Morgan fingerprint density at radius 2 is 1.82 bits per heavy atom. The Labute approximate surface area is 71.0 Å². The largest absolute Gasteiger partial charge is 0.331 e. The number of quaternary nitrogens is 1. The monoisotopic (exact) mass is 156 g/mol. The summed E-state index contributed by atoms with van der Waals surface area (Å²) < 4.78 is 1.14. The molecule has 0 aliphatic heterocycles. The molecule has 1 rings (SSSR count). The number of hydrogen-bond acceptors (Lipinski definition) is 0. The van der Waals surface area contributed by atoms with Gasteiger partial charge in [-0.15, -0.1) is 0 Å². The summed E-state index contributed by atoms with van der Waals surface area (Å²) in [4.78, 5) is 0. The lowest BCUT2D eigenvalue weighted by Gasteiger charge is -2.27. The van der Waals surface area contributed by atoms with E-state index < -0.39 is 0 Å². The van der Waals surface area contributed by atoms with E-state index in [4.69, 9.17) is 0 Å². The third-order valence-corrected chi connectivity index (χ3v) is 2.61. The Bertz CT molecular complexity index is 123. The highest BCUT2D eigenvalue weighted by Crippen LogP contribution is 2.31. The van der Waals surface area contributed by atoms with Crippen LogP contribution >= 0.6 is 0 Å². The van der Waals surface area contributed by atoms with E-state index in [9.17, 15) is 0 Å². The van der Waals surface area contributed by atoms with Crippen LogP contribution in [0.5, 0.6) is 0 Å². The second kappa shape index (κ2) is 3.14. The van der Waals surface area contributed by atoms with Gasteiger partial charge in [0.15, 0.2) is 0 Å². The predicted molar refractivity (Wildman–Crippen MR) is 49.4 cm³/mol. The first-order chi connectivity index (χ1) is 4.97. The Balaban J connectivity index is 2.29. The Morgan fingerprint density at radius 1 is 1.18 bits per heavy atom. The minimum Gasteiger partial charge on any atom is -0.331 e. The van der Waals surface area contributed by atoms with E-state index >= 15 is 0 Å². The molecular formula is C10H22N+. The van der Waals surface area contributed by atoms with E-state index in [0.717, 1.165) is 16.3 Å². The maximum absolute atomic E-state index is 2.38. The molecule has 1 nitrogen and oxygen atoms in total. The summed E-state index contributed by atoms with van der Waals surface area (Å²) in [5, 5.41) is 0. The summed E-state index contributed by atoms with van der Waals surface area (Å²) in [5.41, 5.74) is 0. The fraction of sp³-hybridized carbons (Fsp3) is 1.00. The van der Waals surface area contributed by atoms with Gasteiger partial charge in [0.1, 0.15) is 0 Å². The first-order valence-corrected chi connectivity index (χ1v) is 4.78. The fourth-order valence-corrected chi connectivity index (χ4v) is 2.27. The highest BCUT2D eigenvalue weighted by atomic mass is 15.3. The third-order valence-electron chi connectivity index (χ3n) is 2.61. The van der Waals surface area contributed by atoms with Crippen LogP contribution in [0.2, 0.25) is 0 Å². The topological polar surface area (TPSA) is 0 Å². The molecule has 1 aliphatic carbocycles. The van der Waals surface area contributed by atoms with Crippen molar-refractivity contribution >= 4 is 0 Å². The molecule has 0 unspecified atom stereocenters. The van der Waals surface area contributed by atoms with Crippen molar-refractivity contribution in [3.63, 3.8) is 0 Å². The van der Waals surface area contributed by atoms with Gasteiger partial charge in [0.25, 0.3) is 0 Å². The molecule has 0 aromatic rings. The van der Waals surface area contributed by atoms with Crippen LogP contribution in [0.3, 0.4) is 0 Å². The van der Waals surface area contributed by atoms with Gasteiger partial charge < -0.3 is 4.48 Å². The molecule has 0 spiro atoms. The molecule has 0 radical (unpaired) electrons. The van der Waals surface area contributed by atoms with Crippen molar-refractivity contribution in [2.24, 2.45) is 11.8 Å². The maximum Gasteiger partial charge on any atom is 0.0809 e. The number of hydrogen-bond donors (Lipinski definition) is 0. The molecule has 0 saturated heterocycles. The molecular weight excluding hydrogens is 134 g/mol. The van der Waals surface area contributed by atoms with Crippen LogP contribution in [0.4, 0.5) is 0 Å². The Kier molecular flexibility index (Phi) is 2.58. The van der Waals surface area contributed by atoms with Gasteiger partial charge in [-0.25, -0.2) is 0 Å². The van der Waals surface area contributed by atoms with Crippen LogP contribution in [0.25, 0.3) is 0 Å². The standard InChI is InChI=1S/C10H22N/c1-9-5-6-10(7-9)8-11(2,3)4/h9-10H,5-8H2,1-4H3/q+1/t9-,10+/m0/s1. The van der Waals surface area contributed by atoms with Crippen LogP contribution in [0, 0.1) is 11.8 Å². The number of nitrogens with zero attached hydrogens (tertiary/aromatic N) is 1. The average Bonchev–Trinajstić information content (AvgIpc) is 2.10. The number of rotatable bonds is 2. The maximum atomic E-state index is 2.38. The average molecular weight is 156 g/mol. The first-order valence-electron chi connectivity index (χ1n) is 4.78. The van der Waals surface area contributed by atoms with Crippen molar-refractivity contribution in [3.05, 3.63) is 0 Å². The Morgan fingerprint density at radius 3 is 2.18 bits per heavy atom. The summed E-state index contributed by atoms with van der Waals surface area (Å²) in [5.74, 6) is 2.00. The second-order valence-corrected chi connectivity index (χ2v) is 5.26. The summed E-state index contributed by atoms with van der Waals surface area (Å²) in [6.45, 7) is 3.75. The quantitative estimate of drug-likeness (QED) is 0.537. The van der Waals surface area contributed by atoms with Gasteiger partial charge >= 0.3 is 0 Å². The van der Waals surface area contributed by atoms with E-state index in [1.165, 1.54) is 25.8 Å². The van der Waals surface area contributed by atoms with Gasteiger partial charge in [0.05, 0.1) is 27.7 Å². The van der Waals surface area contributed by atoms with Gasteiger partial charge in [0.2, 0.25) is 0 Å². The van der Waals surface area contributed by atoms with Crippen LogP contribution in [-0.2, 0) is 0 Å². The molecule has 66 valence electrons. The molecule has 1 fully saturated rings. The van der Waals surface area contributed by atoms with E-state index in [-0.39, 0.29) is 0 Å². The molecule has 0 aromatic heterocycles. The zero-order valence-corrected chi connectivity index (χ0v) is 8.43. The van der Waals surface area contributed by atoms with Crippen LogP contribution in [0.15, 0.2) is 0 Å². The molecule has 1 saturated carbocycles. The van der Waals surface area contributed by atoms with Gasteiger partial charge in [-0.3, -0.25) is 0 Å². The molecule has 0 amide bonds. The van der Waals surface area contributed by atoms with Gasteiger partial charge in [0, 0.05) is 5.92 Å². The molecule has 1 heteroatoms. The van der Waals surface area contributed by atoms with Crippen molar-refractivity contribution in [3.8, 4) is 0 Å². The zero-order valence-electron chi connectivity index (χ0n) is 8.43. The molecule has 2 atom stereocenters. The second-order valence-electron chi connectivity index (χ2n) is 5.26. The van der Waals surface area contributed by atoms with Crippen molar-refractivity contribution in [1.29, 1.82) is 0 Å². The molecule has 0 N–H and O–H groups in total. The fourth-order valence-electron chi connectivity index (χ4n) is 2.27. The minimum atomic E-state index is 0.992. The highest BCUT2D eigenvalue weighted by Gasteiger charge is 2.25. The van der Waals surface area contributed by atoms with Crippen molar-refractivity contribution in [2.45, 2.75) is 26.2 Å². The van der Waals surface area contributed by atoms with Gasteiger partial charge in [-0.2, -0.15) is 0 Å². The Hall–Kier alpha value is -0.0400. The zero-order chi connectivity index (χ0) is 8.48. The van der Waals surface area contributed by atoms with Gasteiger partial charge in [-0.05, 0) is 18.8 Å². The molecule has 1 aliphatic rings. The molecule has 0 heterocycles. The van der Waals surface area contributed by atoms with E-state index in [1.54, 1.807) is 0 Å². The SMILES string of the molecule is C[C@H]1CC[C@@H](C[N+](C)(C)C)C1. The van der Waals surface area contributed by atoms with Crippen molar-refractivity contribution < 1.29 is 4.48 Å². The van der Waals surface area contributed by atoms with Crippen molar-refractivity contribution in [2.75, 3.05) is 27.7 Å². The summed E-state index contributed by atoms with van der Waals surface area (Å²) in [6, 6.07) is 0. The first kappa shape index (κ1) is 9.05. The van der Waals surface area contributed by atoms with E-state index in [0.29, 0.717) is 0 Å². The highest BCUT2D eigenvalue weighted by molar-refractivity contribution is 4.71. The molecule has 11 heavy (non-hydrogen) atoms.